The third kappa shape index (κ3) is 4.03. The summed E-state index contributed by atoms with van der Waals surface area (Å²) in [7, 11) is 1.56. The van der Waals surface area contributed by atoms with E-state index >= 15 is 0 Å². The minimum atomic E-state index is -0.832. The Morgan fingerprint density at radius 2 is 2.29 bits per heavy atom. The van der Waals surface area contributed by atoms with Gasteiger partial charge in [0, 0.05) is 24.3 Å². The van der Waals surface area contributed by atoms with Crippen LogP contribution in [0.25, 0.3) is 0 Å². The number of ether oxygens (including phenoxy) is 1. The lowest BCUT2D eigenvalue weighted by Crippen LogP contribution is -2.35. The first-order valence-corrected chi connectivity index (χ1v) is 5.48. The Labute approximate surface area is 101 Å². The number of aliphatic carboxylic acids is 1. The van der Waals surface area contributed by atoms with Crippen molar-refractivity contribution in [1.82, 2.24) is 9.88 Å². The quantitative estimate of drug-likeness (QED) is 0.811. The maximum atomic E-state index is 10.8. The molecular weight excluding hydrogens is 220 g/mol. The summed E-state index contributed by atoms with van der Waals surface area (Å²) in [6.07, 6.45) is 1.65. The van der Waals surface area contributed by atoms with Gasteiger partial charge in [-0.1, -0.05) is 6.07 Å². The average molecular weight is 238 g/mol. The second-order valence-electron chi connectivity index (χ2n) is 4.06. The number of carbonyl (C=O) groups is 1. The van der Waals surface area contributed by atoms with Gasteiger partial charge in [-0.2, -0.15) is 0 Å². The Hall–Kier alpha value is -1.62. The van der Waals surface area contributed by atoms with Crippen molar-refractivity contribution in [2.24, 2.45) is 0 Å². The van der Waals surface area contributed by atoms with Gasteiger partial charge >= 0.3 is 5.97 Å². The van der Waals surface area contributed by atoms with Crippen LogP contribution >= 0.6 is 0 Å². The van der Waals surface area contributed by atoms with Crippen molar-refractivity contribution >= 4 is 5.97 Å². The van der Waals surface area contributed by atoms with E-state index in [1.165, 1.54) is 0 Å². The summed E-state index contributed by atoms with van der Waals surface area (Å²) >= 11 is 0. The number of hydrogen-bond acceptors (Lipinski definition) is 4. The standard InChI is InChI=1S/C12H18N2O3/c1-9(2)14(8-11(15)16)7-10-5-4-6-13-12(10)17-3/h4-6,9H,7-8H2,1-3H3,(H,15,16). The average Bonchev–Trinajstić information content (AvgIpc) is 2.28. The van der Waals surface area contributed by atoms with Crippen LogP contribution in [-0.4, -0.2) is 40.7 Å². The Balaban J connectivity index is 2.81. The Kier molecular flexibility index (Phi) is 4.90. The molecule has 1 aromatic heterocycles. The normalized spacial score (nSPS) is 10.9. The van der Waals surface area contributed by atoms with E-state index in [4.69, 9.17) is 9.84 Å². The molecule has 0 fully saturated rings. The van der Waals surface area contributed by atoms with Crippen LogP contribution < -0.4 is 4.74 Å². The van der Waals surface area contributed by atoms with Crippen molar-refractivity contribution in [2.75, 3.05) is 13.7 Å². The summed E-state index contributed by atoms with van der Waals surface area (Å²) in [5, 5.41) is 8.85. The van der Waals surface area contributed by atoms with E-state index < -0.39 is 5.97 Å². The molecule has 1 N–H and O–H groups in total. The molecule has 1 aromatic rings. The van der Waals surface area contributed by atoms with Gasteiger partial charge < -0.3 is 9.84 Å². The van der Waals surface area contributed by atoms with Gasteiger partial charge in [0.1, 0.15) is 0 Å². The van der Waals surface area contributed by atoms with Gasteiger partial charge in [0.25, 0.3) is 0 Å². The van der Waals surface area contributed by atoms with Gasteiger partial charge in [-0.25, -0.2) is 4.98 Å². The number of pyridine rings is 1. The van der Waals surface area contributed by atoms with Crippen LogP contribution in [0.3, 0.4) is 0 Å². The summed E-state index contributed by atoms with van der Waals surface area (Å²) in [5.41, 5.74) is 0.893. The lowest BCUT2D eigenvalue weighted by molar-refractivity contribution is -0.138. The highest BCUT2D eigenvalue weighted by atomic mass is 16.5. The van der Waals surface area contributed by atoms with E-state index in [-0.39, 0.29) is 12.6 Å². The monoisotopic (exact) mass is 238 g/mol. The van der Waals surface area contributed by atoms with Crippen molar-refractivity contribution in [1.29, 1.82) is 0 Å². The largest absolute Gasteiger partial charge is 0.481 e. The van der Waals surface area contributed by atoms with E-state index in [9.17, 15) is 4.79 Å². The van der Waals surface area contributed by atoms with Gasteiger partial charge in [0.2, 0.25) is 5.88 Å². The third-order valence-electron chi connectivity index (χ3n) is 2.49. The van der Waals surface area contributed by atoms with Gasteiger partial charge in [-0.15, -0.1) is 0 Å². The maximum absolute atomic E-state index is 10.8. The Morgan fingerprint density at radius 1 is 1.59 bits per heavy atom. The van der Waals surface area contributed by atoms with Gasteiger partial charge in [0.15, 0.2) is 0 Å². The molecule has 1 rings (SSSR count). The highest BCUT2D eigenvalue weighted by molar-refractivity contribution is 5.69. The molecule has 17 heavy (non-hydrogen) atoms. The fourth-order valence-electron chi connectivity index (χ4n) is 1.54. The number of methoxy groups -OCH3 is 1. The molecular formula is C12H18N2O3. The van der Waals surface area contributed by atoms with Gasteiger partial charge in [-0.3, -0.25) is 9.69 Å². The second-order valence-corrected chi connectivity index (χ2v) is 4.06. The zero-order valence-electron chi connectivity index (χ0n) is 10.4. The molecule has 0 radical (unpaired) electrons. The number of carboxylic acids is 1. The van der Waals surface area contributed by atoms with Crippen LogP contribution in [0.4, 0.5) is 0 Å². The highest BCUT2D eigenvalue weighted by Gasteiger charge is 2.16. The summed E-state index contributed by atoms with van der Waals surface area (Å²) in [6.45, 7) is 4.45. The van der Waals surface area contributed by atoms with Crippen molar-refractivity contribution in [2.45, 2.75) is 26.4 Å². The summed E-state index contributed by atoms with van der Waals surface area (Å²) < 4.78 is 5.15. The minimum Gasteiger partial charge on any atom is -0.481 e. The fraction of sp³-hybridized carbons (Fsp3) is 0.500. The smallest absolute Gasteiger partial charge is 0.317 e. The summed E-state index contributed by atoms with van der Waals surface area (Å²) in [4.78, 5) is 16.7. The number of nitrogens with zero attached hydrogens (tertiary/aromatic N) is 2. The molecule has 0 aliphatic carbocycles. The number of rotatable bonds is 6. The van der Waals surface area contributed by atoms with Crippen molar-refractivity contribution < 1.29 is 14.6 Å². The fourth-order valence-corrected chi connectivity index (χ4v) is 1.54. The topological polar surface area (TPSA) is 62.7 Å². The zero-order chi connectivity index (χ0) is 12.8. The molecule has 5 nitrogen and oxygen atoms in total. The summed E-state index contributed by atoms with van der Waals surface area (Å²) in [5.74, 6) is -0.287. The molecule has 0 aliphatic heterocycles. The molecule has 0 amide bonds. The molecule has 0 saturated carbocycles. The molecule has 0 unspecified atom stereocenters. The van der Waals surface area contributed by atoms with Crippen LogP contribution in [0.5, 0.6) is 5.88 Å². The molecule has 0 bridgehead atoms. The first-order chi connectivity index (χ1) is 8.04. The van der Waals surface area contributed by atoms with Crippen LogP contribution in [-0.2, 0) is 11.3 Å². The van der Waals surface area contributed by atoms with Crippen LogP contribution in [0.1, 0.15) is 19.4 Å². The maximum Gasteiger partial charge on any atom is 0.317 e. The third-order valence-corrected chi connectivity index (χ3v) is 2.49. The molecule has 0 atom stereocenters. The van der Waals surface area contributed by atoms with E-state index in [0.29, 0.717) is 12.4 Å². The molecule has 0 aromatic carbocycles. The zero-order valence-corrected chi connectivity index (χ0v) is 10.4. The summed E-state index contributed by atoms with van der Waals surface area (Å²) in [6, 6.07) is 3.86. The van der Waals surface area contributed by atoms with E-state index in [1.807, 2.05) is 30.9 Å². The minimum absolute atomic E-state index is 0.00964. The predicted octanol–water partition coefficient (Wildman–Crippen LogP) is 1.39. The molecule has 94 valence electrons. The van der Waals surface area contributed by atoms with Crippen molar-refractivity contribution in [3.8, 4) is 5.88 Å². The van der Waals surface area contributed by atoms with E-state index in [1.54, 1.807) is 13.3 Å². The molecule has 1 heterocycles. The predicted molar refractivity (Wildman–Crippen MR) is 64.0 cm³/mol. The van der Waals surface area contributed by atoms with E-state index in [2.05, 4.69) is 4.98 Å². The van der Waals surface area contributed by atoms with E-state index in [0.717, 1.165) is 5.56 Å². The number of carboxylic acid groups (broad SMARTS) is 1. The van der Waals surface area contributed by atoms with Crippen LogP contribution in [0, 0.1) is 0 Å². The van der Waals surface area contributed by atoms with Gasteiger partial charge in [0.05, 0.1) is 13.7 Å². The Bertz CT molecular complexity index is 380. The lowest BCUT2D eigenvalue weighted by Gasteiger charge is -2.24. The molecule has 0 saturated heterocycles. The molecule has 0 spiro atoms. The first kappa shape index (κ1) is 13.4. The second kappa shape index (κ2) is 6.20. The number of aromatic nitrogens is 1. The Morgan fingerprint density at radius 3 is 2.82 bits per heavy atom. The molecule has 5 heteroatoms. The lowest BCUT2D eigenvalue weighted by atomic mass is 10.2. The highest BCUT2D eigenvalue weighted by Crippen LogP contribution is 2.17. The van der Waals surface area contributed by atoms with Crippen LogP contribution in [0.15, 0.2) is 18.3 Å². The van der Waals surface area contributed by atoms with Crippen molar-refractivity contribution in [3.05, 3.63) is 23.9 Å². The van der Waals surface area contributed by atoms with Crippen molar-refractivity contribution in [3.63, 3.8) is 0 Å². The molecule has 0 aliphatic rings. The number of hydrogen-bond donors (Lipinski definition) is 1. The van der Waals surface area contributed by atoms with Crippen LogP contribution in [0.2, 0.25) is 0 Å². The SMILES string of the molecule is COc1ncccc1CN(CC(=O)O)C(C)C. The van der Waals surface area contributed by atoms with Gasteiger partial charge in [-0.05, 0) is 19.9 Å². The first-order valence-electron chi connectivity index (χ1n) is 5.48.